The minimum absolute atomic E-state index is 0.256. The van der Waals surface area contributed by atoms with Crippen LogP contribution in [0.5, 0.6) is 6.01 Å². The van der Waals surface area contributed by atoms with Crippen LogP contribution in [0, 0.1) is 0 Å². The zero-order chi connectivity index (χ0) is 16.6. The van der Waals surface area contributed by atoms with Crippen LogP contribution in [0.25, 0.3) is 10.9 Å². The number of fused-ring (bicyclic) bond motifs is 1. The standard InChI is InChI=1S/C14H14BrClN4O3/c1-23-13-17-11-7-10(16)9(15)6-8(11)12(18-13)19-2-4-20(5-3-19)14(21)22/h6-7H,2-5H2,1H3,(H,21,22). The van der Waals surface area contributed by atoms with Gasteiger partial charge in [0.05, 0.1) is 17.6 Å². The van der Waals surface area contributed by atoms with Gasteiger partial charge in [0.2, 0.25) is 0 Å². The van der Waals surface area contributed by atoms with Gasteiger partial charge in [-0.1, -0.05) is 11.6 Å². The molecule has 2 heterocycles. The first kappa shape index (κ1) is 16.1. The zero-order valence-corrected chi connectivity index (χ0v) is 14.6. The maximum Gasteiger partial charge on any atom is 0.407 e. The molecule has 3 rings (SSSR count). The third-order valence-electron chi connectivity index (χ3n) is 3.73. The van der Waals surface area contributed by atoms with E-state index in [-0.39, 0.29) is 6.01 Å². The summed E-state index contributed by atoms with van der Waals surface area (Å²) in [4.78, 5) is 23.2. The molecule has 0 radical (unpaired) electrons. The molecule has 2 aromatic rings. The molecule has 1 N–H and O–H groups in total. The van der Waals surface area contributed by atoms with Gasteiger partial charge in [-0.2, -0.15) is 9.97 Å². The molecule has 9 heteroatoms. The van der Waals surface area contributed by atoms with E-state index in [0.29, 0.717) is 42.5 Å². The van der Waals surface area contributed by atoms with Gasteiger partial charge in [0.25, 0.3) is 0 Å². The summed E-state index contributed by atoms with van der Waals surface area (Å²) in [5.74, 6) is 0.717. The third-order valence-corrected chi connectivity index (χ3v) is 4.93. The van der Waals surface area contributed by atoms with Crippen molar-refractivity contribution in [3.05, 3.63) is 21.6 Å². The first-order valence-corrected chi connectivity index (χ1v) is 8.10. The Balaban J connectivity index is 2.02. The number of anilines is 1. The number of aromatic nitrogens is 2. The number of hydrogen-bond donors (Lipinski definition) is 1. The Labute approximate surface area is 145 Å². The van der Waals surface area contributed by atoms with Gasteiger partial charge in [-0.3, -0.25) is 0 Å². The molecule has 23 heavy (non-hydrogen) atoms. The molecule has 0 aliphatic carbocycles. The number of methoxy groups -OCH3 is 1. The molecule has 1 aromatic carbocycles. The fraction of sp³-hybridized carbons (Fsp3) is 0.357. The number of rotatable bonds is 2. The number of carboxylic acid groups (broad SMARTS) is 1. The second-order valence-corrected chi connectivity index (χ2v) is 6.34. The Bertz CT molecular complexity index is 765. The van der Waals surface area contributed by atoms with Crippen molar-refractivity contribution in [2.45, 2.75) is 0 Å². The molecule has 1 saturated heterocycles. The van der Waals surface area contributed by atoms with Crippen molar-refractivity contribution in [2.75, 3.05) is 38.2 Å². The number of piperazine rings is 1. The van der Waals surface area contributed by atoms with Crippen molar-refractivity contribution < 1.29 is 14.6 Å². The molecular formula is C14H14BrClN4O3. The van der Waals surface area contributed by atoms with Crippen molar-refractivity contribution in [3.8, 4) is 6.01 Å². The van der Waals surface area contributed by atoms with Gasteiger partial charge < -0.3 is 19.6 Å². The minimum atomic E-state index is -0.899. The number of hydrogen-bond acceptors (Lipinski definition) is 5. The summed E-state index contributed by atoms with van der Waals surface area (Å²) >= 11 is 9.56. The van der Waals surface area contributed by atoms with E-state index >= 15 is 0 Å². The molecule has 122 valence electrons. The van der Waals surface area contributed by atoms with Crippen LogP contribution >= 0.6 is 27.5 Å². The molecule has 0 spiro atoms. The van der Waals surface area contributed by atoms with Gasteiger partial charge in [-0.15, -0.1) is 0 Å². The van der Waals surface area contributed by atoms with Crippen molar-refractivity contribution in [2.24, 2.45) is 0 Å². The summed E-state index contributed by atoms with van der Waals surface area (Å²) in [7, 11) is 1.51. The predicted molar refractivity (Wildman–Crippen MR) is 90.6 cm³/mol. The van der Waals surface area contributed by atoms with E-state index in [0.717, 1.165) is 9.86 Å². The van der Waals surface area contributed by atoms with Crippen LogP contribution in [-0.2, 0) is 0 Å². The molecule has 1 fully saturated rings. The van der Waals surface area contributed by atoms with Crippen LogP contribution in [0.4, 0.5) is 10.6 Å². The lowest BCUT2D eigenvalue weighted by Crippen LogP contribution is -2.48. The van der Waals surface area contributed by atoms with Gasteiger partial charge in [0, 0.05) is 36.0 Å². The summed E-state index contributed by atoms with van der Waals surface area (Å²) in [6, 6.07) is 3.88. The minimum Gasteiger partial charge on any atom is -0.467 e. The fourth-order valence-corrected chi connectivity index (χ4v) is 3.03. The molecule has 1 aliphatic rings. The smallest absolute Gasteiger partial charge is 0.407 e. The summed E-state index contributed by atoms with van der Waals surface area (Å²) in [5.41, 5.74) is 0.681. The number of nitrogens with zero attached hydrogens (tertiary/aromatic N) is 4. The first-order chi connectivity index (χ1) is 11.0. The third kappa shape index (κ3) is 3.13. The van der Waals surface area contributed by atoms with Crippen molar-refractivity contribution >= 4 is 50.3 Å². The zero-order valence-electron chi connectivity index (χ0n) is 12.3. The Morgan fingerprint density at radius 3 is 2.61 bits per heavy atom. The van der Waals surface area contributed by atoms with Crippen LogP contribution < -0.4 is 9.64 Å². The normalized spacial score (nSPS) is 15.1. The largest absolute Gasteiger partial charge is 0.467 e. The number of ether oxygens (including phenoxy) is 1. The van der Waals surface area contributed by atoms with Crippen LogP contribution in [0.2, 0.25) is 5.02 Å². The molecule has 0 atom stereocenters. The molecule has 0 bridgehead atoms. The van der Waals surface area contributed by atoms with E-state index in [1.165, 1.54) is 12.0 Å². The Morgan fingerprint density at radius 2 is 2.00 bits per heavy atom. The molecule has 1 amide bonds. The second-order valence-electron chi connectivity index (χ2n) is 5.07. The maximum absolute atomic E-state index is 11.0. The molecule has 0 saturated carbocycles. The van der Waals surface area contributed by atoms with Crippen LogP contribution in [-0.4, -0.2) is 59.4 Å². The number of halogens is 2. The van der Waals surface area contributed by atoms with Crippen molar-refractivity contribution in [3.63, 3.8) is 0 Å². The molecule has 1 aliphatic heterocycles. The Kier molecular flexibility index (Phi) is 4.45. The quantitative estimate of drug-likeness (QED) is 0.833. The molecule has 0 unspecified atom stereocenters. The topological polar surface area (TPSA) is 78.8 Å². The van der Waals surface area contributed by atoms with Gasteiger partial charge >= 0.3 is 12.1 Å². The average molecular weight is 402 g/mol. The number of benzene rings is 1. The first-order valence-electron chi connectivity index (χ1n) is 6.93. The Hall–Kier alpha value is -1.80. The highest BCUT2D eigenvalue weighted by Gasteiger charge is 2.23. The molecule has 7 nitrogen and oxygen atoms in total. The second kappa shape index (κ2) is 6.37. The van der Waals surface area contributed by atoms with E-state index in [1.807, 2.05) is 11.0 Å². The van der Waals surface area contributed by atoms with Gasteiger partial charge in [0.15, 0.2) is 0 Å². The van der Waals surface area contributed by atoms with Gasteiger partial charge in [-0.25, -0.2) is 4.79 Å². The SMILES string of the molecule is COc1nc(N2CCN(C(=O)O)CC2)c2cc(Br)c(Cl)cc2n1. The van der Waals surface area contributed by atoms with Crippen LogP contribution in [0.3, 0.4) is 0 Å². The van der Waals surface area contributed by atoms with Crippen molar-refractivity contribution in [1.29, 1.82) is 0 Å². The van der Waals surface area contributed by atoms with Gasteiger partial charge in [0.1, 0.15) is 5.82 Å². The van der Waals surface area contributed by atoms with E-state index in [9.17, 15) is 4.79 Å². The average Bonchev–Trinajstić information content (AvgIpc) is 2.55. The maximum atomic E-state index is 11.0. The monoisotopic (exact) mass is 400 g/mol. The van der Waals surface area contributed by atoms with E-state index < -0.39 is 6.09 Å². The molecular weight excluding hydrogens is 388 g/mol. The van der Waals surface area contributed by atoms with E-state index in [2.05, 4.69) is 25.9 Å². The van der Waals surface area contributed by atoms with Crippen molar-refractivity contribution in [1.82, 2.24) is 14.9 Å². The van der Waals surface area contributed by atoms with Crippen LogP contribution in [0.15, 0.2) is 16.6 Å². The van der Waals surface area contributed by atoms with Crippen LogP contribution in [0.1, 0.15) is 0 Å². The van der Waals surface area contributed by atoms with E-state index in [4.69, 9.17) is 21.4 Å². The summed E-state index contributed by atoms with van der Waals surface area (Å²) in [6.07, 6.45) is -0.899. The summed E-state index contributed by atoms with van der Waals surface area (Å²) in [6.45, 7) is 1.97. The summed E-state index contributed by atoms with van der Waals surface area (Å²) in [5, 5.41) is 10.5. The lowest BCUT2D eigenvalue weighted by molar-refractivity contribution is 0.142. The summed E-state index contributed by atoms with van der Waals surface area (Å²) < 4.78 is 5.93. The number of amides is 1. The lowest BCUT2D eigenvalue weighted by Gasteiger charge is -2.34. The predicted octanol–water partition coefficient (Wildman–Crippen LogP) is 2.85. The van der Waals surface area contributed by atoms with E-state index in [1.54, 1.807) is 6.07 Å². The van der Waals surface area contributed by atoms with Gasteiger partial charge in [-0.05, 0) is 28.1 Å². The fourth-order valence-electron chi connectivity index (χ4n) is 2.53. The lowest BCUT2D eigenvalue weighted by atomic mass is 10.2. The molecule has 1 aromatic heterocycles. The highest BCUT2D eigenvalue weighted by molar-refractivity contribution is 9.10. The Morgan fingerprint density at radius 1 is 1.30 bits per heavy atom. The highest BCUT2D eigenvalue weighted by atomic mass is 79.9. The number of carbonyl (C=O) groups is 1. The highest BCUT2D eigenvalue weighted by Crippen LogP contribution is 2.33.